The molecule has 0 saturated carbocycles. The second-order valence-electron chi connectivity index (χ2n) is 9.49. The van der Waals surface area contributed by atoms with Gasteiger partial charge in [0.15, 0.2) is 18.5 Å². The first-order chi connectivity index (χ1) is 20.0. The number of fused-ring (bicyclic) bond motifs is 1. The second kappa shape index (κ2) is 14.8. The lowest BCUT2D eigenvalue weighted by molar-refractivity contribution is -0.697. The second-order valence-corrected chi connectivity index (χ2v) is 13.5. The van der Waals surface area contributed by atoms with Crippen LogP contribution in [0.5, 0.6) is 0 Å². The number of aliphatic carboxylic acids is 2. The van der Waals surface area contributed by atoms with E-state index < -0.39 is 35.4 Å². The summed E-state index contributed by atoms with van der Waals surface area (Å²) in [6.07, 6.45) is 3.94. The van der Waals surface area contributed by atoms with E-state index in [1.165, 1.54) is 40.2 Å². The fraction of sp³-hybridized carbons (Fsp3) is 0.370. The number of unbranched alkanes of at least 4 members (excludes halogenated alkanes) is 1. The number of carbonyl (C=O) groups excluding carboxylic acids is 2. The van der Waals surface area contributed by atoms with Gasteiger partial charge >= 0.3 is 11.9 Å². The number of carboxylic acid groups (broad SMARTS) is 2. The molecule has 224 valence electrons. The van der Waals surface area contributed by atoms with Crippen LogP contribution in [0.15, 0.2) is 63.8 Å². The van der Waals surface area contributed by atoms with Crippen LogP contribution in [-0.4, -0.2) is 78.8 Å². The van der Waals surface area contributed by atoms with Gasteiger partial charge in [0.1, 0.15) is 23.7 Å². The van der Waals surface area contributed by atoms with Crippen LogP contribution in [-0.2, 0) is 25.7 Å². The van der Waals surface area contributed by atoms with E-state index in [9.17, 15) is 29.4 Å². The first kappa shape index (κ1) is 32.5. The molecule has 2 aromatic rings. The van der Waals surface area contributed by atoms with Gasteiger partial charge in [-0.1, -0.05) is 23.2 Å². The summed E-state index contributed by atoms with van der Waals surface area (Å²) < 4.78 is 1.95. The van der Waals surface area contributed by atoms with Gasteiger partial charge in [0.05, 0.1) is 10.8 Å². The van der Waals surface area contributed by atoms with Crippen molar-refractivity contribution in [2.75, 3.05) is 17.3 Å². The monoisotopic (exact) mass is 672 g/mol. The molecule has 3 heterocycles. The minimum absolute atomic E-state index is 0.0235. The lowest BCUT2D eigenvalue weighted by Crippen LogP contribution is -2.70. The number of carboxylic acids is 2. The van der Waals surface area contributed by atoms with Gasteiger partial charge in [-0.15, -0.1) is 35.3 Å². The van der Waals surface area contributed by atoms with Crippen molar-refractivity contribution in [1.29, 1.82) is 0 Å². The van der Waals surface area contributed by atoms with Gasteiger partial charge in [-0.05, 0) is 36.6 Å². The Morgan fingerprint density at radius 3 is 2.55 bits per heavy atom. The van der Waals surface area contributed by atoms with E-state index in [0.29, 0.717) is 45.0 Å². The van der Waals surface area contributed by atoms with Gasteiger partial charge in [-0.25, -0.2) is 14.2 Å². The molecule has 2 aliphatic heterocycles. The van der Waals surface area contributed by atoms with Crippen LogP contribution in [0.1, 0.15) is 19.3 Å². The highest BCUT2D eigenvalue weighted by atomic mass is 35.5. The number of aliphatic hydroxyl groups is 1. The quantitative estimate of drug-likeness (QED) is 0.102. The molecular formula is C27H28Cl2N3O7S3+. The number of thioether (sulfide) groups is 3. The number of rotatable bonds is 14. The van der Waals surface area contributed by atoms with Crippen molar-refractivity contribution >= 4 is 82.2 Å². The zero-order valence-electron chi connectivity index (χ0n) is 22.1. The van der Waals surface area contributed by atoms with Crippen LogP contribution in [0.2, 0.25) is 10.0 Å². The van der Waals surface area contributed by atoms with Crippen LogP contribution in [0.4, 0.5) is 0 Å². The highest BCUT2D eigenvalue weighted by molar-refractivity contribution is 8.01. The average molecular weight is 674 g/mol. The molecule has 0 radical (unpaired) electrons. The Hall–Kier alpha value is -2.42. The molecule has 3 atom stereocenters. The number of nitrogens with one attached hydrogen (secondary N) is 1. The number of halogens is 2. The molecule has 4 rings (SSSR count). The van der Waals surface area contributed by atoms with Crippen LogP contribution in [0.25, 0.3) is 0 Å². The number of amides is 2. The van der Waals surface area contributed by atoms with E-state index >= 15 is 0 Å². The number of benzene rings is 1. The number of aliphatic hydroxyl groups excluding tert-OH is 1. The van der Waals surface area contributed by atoms with Crippen LogP contribution < -0.4 is 9.88 Å². The summed E-state index contributed by atoms with van der Waals surface area (Å²) in [5.74, 6) is -2.39. The molecule has 1 aromatic carbocycles. The predicted molar refractivity (Wildman–Crippen MR) is 162 cm³/mol. The highest BCUT2D eigenvalue weighted by Gasteiger charge is 2.54. The molecule has 42 heavy (non-hydrogen) atoms. The Morgan fingerprint density at radius 1 is 1.12 bits per heavy atom. The lowest BCUT2D eigenvalue weighted by Gasteiger charge is -2.49. The smallest absolute Gasteiger partial charge is 0.352 e. The molecule has 0 unspecified atom stereocenters. The summed E-state index contributed by atoms with van der Waals surface area (Å²) in [5.41, 5.74) is 0.600. The van der Waals surface area contributed by atoms with E-state index in [1.807, 2.05) is 29.1 Å². The number of β-lactam (4-membered cyclic amide) rings is 1. The molecule has 2 amide bonds. The average Bonchev–Trinajstić information content (AvgIpc) is 2.97. The van der Waals surface area contributed by atoms with E-state index in [1.54, 1.807) is 18.2 Å². The number of nitrogens with zero attached hydrogens (tertiary/aromatic N) is 2. The van der Waals surface area contributed by atoms with Crippen molar-refractivity contribution in [2.45, 2.75) is 53.1 Å². The number of aryl methyl sites for hydroxylation is 1. The summed E-state index contributed by atoms with van der Waals surface area (Å²) in [6, 6.07) is 7.96. The molecule has 10 nitrogen and oxygen atoms in total. The van der Waals surface area contributed by atoms with Crippen molar-refractivity contribution in [1.82, 2.24) is 10.2 Å². The fourth-order valence-electron chi connectivity index (χ4n) is 4.36. The van der Waals surface area contributed by atoms with Crippen molar-refractivity contribution in [2.24, 2.45) is 0 Å². The Kier molecular flexibility index (Phi) is 11.5. The minimum Gasteiger partial charge on any atom is -0.479 e. The van der Waals surface area contributed by atoms with E-state index in [4.69, 9.17) is 28.3 Å². The van der Waals surface area contributed by atoms with E-state index in [-0.39, 0.29) is 23.8 Å². The topological polar surface area (TPSA) is 148 Å². The summed E-state index contributed by atoms with van der Waals surface area (Å²) in [7, 11) is 0. The maximum atomic E-state index is 13.0. The number of aromatic nitrogens is 1. The Balaban J connectivity index is 1.29. The lowest BCUT2D eigenvalue weighted by atomic mass is 10.0. The summed E-state index contributed by atoms with van der Waals surface area (Å²) in [5, 5.41) is 31.2. The van der Waals surface area contributed by atoms with Crippen LogP contribution >= 0.6 is 58.5 Å². The van der Waals surface area contributed by atoms with Crippen LogP contribution in [0.3, 0.4) is 0 Å². The number of hydrogen-bond acceptors (Lipinski definition) is 8. The third-order valence-corrected chi connectivity index (χ3v) is 10.7. The van der Waals surface area contributed by atoms with Gasteiger partial charge in [0.25, 0.3) is 5.91 Å². The predicted octanol–water partition coefficient (Wildman–Crippen LogP) is 3.52. The summed E-state index contributed by atoms with van der Waals surface area (Å²) >= 11 is 16.2. The Morgan fingerprint density at radius 2 is 1.86 bits per heavy atom. The molecule has 4 N–H and O–H groups in total. The molecule has 0 bridgehead atoms. The molecule has 1 fully saturated rings. The zero-order chi connectivity index (χ0) is 30.4. The van der Waals surface area contributed by atoms with Crippen LogP contribution in [0, 0.1) is 0 Å². The fourth-order valence-corrected chi connectivity index (χ4v) is 8.03. The normalized spacial score (nSPS) is 18.7. The number of pyridine rings is 1. The first-order valence-corrected chi connectivity index (χ1v) is 16.6. The van der Waals surface area contributed by atoms with Gasteiger partial charge in [0, 0.05) is 44.9 Å². The van der Waals surface area contributed by atoms with Crippen molar-refractivity contribution in [3.8, 4) is 0 Å². The van der Waals surface area contributed by atoms with Gasteiger partial charge < -0.3 is 20.6 Å². The molecule has 2 aliphatic rings. The van der Waals surface area contributed by atoms with Gasteiger partial charge in [0.2, 0.25) is 5.91 Å². The number of hydrogen-bond donors (Lipinski definition) is 4. The molecule has 0 aliphatic carbocycles. The number of carbonyl (C=O) groups is 4. The molecule has 0 spiro atoms. The van der Waals surface area contributed by atoms with E-state index in [0.717, 1.165) is 11.3 Å². The Labute approximate surface area is 264 Å². The maximum absolute atomic E-state index is 13.0. The SMILES string of the molecule is O=C(CSc1cc(Cl)ccc1Cl)N[C@@H]1C(=O)N2C(C(=O)O)=C(CSc3cc[n+](CCCC[C@H](O)C(=O)O)cc3)CS[C@H]12. The highest BCUT2D eigenvalue weighted by Crippen LogP contribution is 2.41. The van der Waals surface area contributed by atoms with Crippen molar-refractivity contribution in [3.05, 3.63) is 64.0 Å². The first-order valence-electron chi connectivity index (χ1n) is 12.8. The van der Waals surface area contributed by atoms with Gasteiger partial charge in [-0.2, -0.15) is 0 Å². The molecule has 15 heteroatoms. The zero-order valence-corrected chi connectivity index (χ0v) is 26.0. The van der Waals surface area contributed by atoms with Crippen molar-refractivity contribution < 1.29 is 39.1 Å². The maximum Gasteiger partial charge on any atom is 0.352 e. The van der Waals surface area contributed by atoms with Crippen molar-refractivity contribution in [3.63, 3.8) is 0 Å². The molecular weight excluding hydrogens is 645 g/mol. The van der Waals surface area contributed by atoms with E-state index in [2.05, 4.69) is 5.32 Å². The Bertz CT molecular complexity index is 1390. The minimum atomic E-state index is -1.34. The summed E-state index contributed by atoms with van der Waals surface area (Å²) in [4.78, 5) is 51.2. The summed E-state index contributed by atoms with van der Waals surface area (Å²) in [6.45, 7) is 0.672. The molecule has 1 saturated heterocycles. The standard InChI is InChI=1S/C27H27Cl2N3O7S3/c28-16-4-5-18(29)20(11-16)41-14-21(34)30-22-24(35)32-23(27(38)39)15(13-42-25(22)32)12-40-17-6-9-31(10-7-17)8-2-1-3-19(33)26(36)37/h4-7,9-11,19,22,25,33H,1-3,8,12-14H2,(H2-,30,34,36,37,38,39)/p+1/t19-,22+,25+/m0/s1. The molecule has 1 aromatic heterocycles. The third-order valence-electron chi connectivity index (χ3n) is 6.52. The van der Waals surface area contributed by atoms with Gasteiger partial charge in [-0.3, -0.25) is 14.5 Å². The third kappa shape index (κ3) is 8.14. The largest absolute Gasteiger partial charge is 0.479 e.